The predicted octanol–water partition coefficient (Wildman–Crippen LogP) is 4.91. The van der Waals surface area contributed by atoms with Gasteiger partial charge >= 0.3 is 0 Å². The van der Waals surface area contributed by atoms with Gasteiger partial charge in [0.25, 0.3) is 5.91 Å². The first kappa shape index (κ1) is 16.9. The van der Waals surface area contributed by atoms with Crippen molar-refractivity contribution in [3.8, 4) is 5.75 Å². The fourth-order valence-corrected chi connectivity index (χ4v) is 2.58. The van der Waals surface area contributed by atoms with Gasteiger partial charge in [0, 0.05) is 22.9 Å². The Morgan fingerprint density at radius 3 is 2.48 bits per heavy atom. The number of hydrogen-bond donors (Lipinski definition) is 3. The summed E-state index contributed by atoms with van der Waals surface area (Å²) >= 11 is 5.89. The Balaban J connectivity index is 1.69. The van der Waals surface area contributed by atoms with Gasteiger partial charge in [0.2, 0.25) is 0 Å². The summed E-state index contributed by atoms with van der Waals surface area (Å²) in [6.07, 6.45) is 0. The minimum atomic E-state index is -0.409. The van der Waals surface area contributed by atoms with Crippen molar-refractivity contribution in [1.29, 1.82) is 0 Å². The molecule has 0 unspecified atom stereocenters. The Hall–Kier alpha value is -2.98. The molecule has 3 aromatic rings. The van der Waals surface area contributed by atoms with Crippen LogP contribution in [0.1, 0.15) is 15.9 Å². The molecule has 0 atom stereocenters. The second-order valence-electron chi connectivity index (χ2n) is 5.54. The van der Waals surface area contributed by atoms with Crippen LogP contribution in [0, 0.1) is 0 Å². The number of rotatable bonds is 5. The molecular weight excluding hydrogens is 336 g/mol. The molecule has 0 aliphatic heterocycles. The number of phenolic OH excluding ortho intramolecular Hbond substituents is 1. The first-order valence-electron chi connectivity index (χ1n) is 7.79. The Bertz CT molecular complexity index is 882. The maximum absolute atomic E-state index is 12.3. The Morgan fingerprint density at radius 1 is 0.920 bits per heavy atom. The van der Waals surface area contributed by atoms with E-state index in [4.69, 9.17) is 11.6 Å². The predicted molar refractivity (Wildman–Crippen MR) is 101 cm³/mol. The van der Waals surface area contributed by atoms with Crippen molar-refractivity contribution in [2.75, 3.05) is 10.6 Å². The SMILES string of the molecule is O=C(Nc1cccc(CNc2ccccc2)c1)c1cc(Cl)ccc1O. The van der Waals surface area contributed by atoms with Gasteiger partial charge in [-0.05, 0) is 48.0 Å². The van der Waals surface area contributed by atoms with Crippen LogP contribution in [0.2, 0.25) is 5.02 Å². The highest BCUT2D eigenvalue weighted by molar-refractivity contribution is 6.31. The number of phenols is 1. The highest BCUT2D eigenvalue weighted by atomic mass is 35.5. The number of benzene rings is 3. The first-order valence-corrected chi connectivity index (χ1v) is 8.17. The summed E-state index contributed by atoms with van der Waals surface area (Å²) in [6, 6.07) is 21.8. The molecule has 0 spiro atoms. The van der Waals surface area contributed by atoms with Crippen LogP contribution in [0.25, 0.3) is 0 Å². The second-order valence-corrected chi connectivity index (χ2v) is 5.97. The Kier molecular flexibility index (Phi) is 5.21. The maximum atomic E-state index is 12.3. The highest BCUT2D eigenvalue weighted by Crippen LogP contribution is 2.23. The molecule has 0 aliphatic carbocycles. The van der Waals surface area contributed by atoms with E-state index in [1.54, 1.807) is 6.07 Å². The van der Waals surface area contributed by atoms with Crippen molar-refractivity contribution in [1.82, 2.24) is 0 Å². The van der Waals surface area contributed by atoms with Crippen molar-refractivity contribution in [2.24, 2.45) is 0 Å². The zero-order valence-electron chi connectivity index (χ0n) is 13.4. The lowest BCUT2D eigenvalue weighted by atomic mass is 10.1. The quantitative estimate of drug-likeness (QED) is 0.611. The molecule has 4 nitrogen and oxygen atoms in total. The van der Waals surface area contributed by atoms with Gasteiger partial charge in [-0.2, -0.15) is 0 Å². The normalized spacial score (nSPS) is 10.3. The molecule has 126 valence electrons. The smallest absolute Gasteiger partial charge is 0.259 e. The van der Waals surface area contributed by atoms with Crippen LogP contribution in [0.3, 0.4) is 0 Å². The number of nitrogens with one attached hydrogen (secondary N) is 2. The van der Waals surface area contributed by atoms with Crippen molar-refractivity contribution in [2.45, 2.75) is 6.54 Å². The molecule has 25 heavy (non-hydrogen) atoms. The average Bonchev–Trinajstić information content (AvgIpc) is 2.63. The lowest BCUT2D eigenvalue weighted by Crippen LogP contribution is -2.12. The number of anilines is 2. The lowest BCUT2D eigenvalue weighted by Gasteiger charge is -2.10. The van der Waals surface area contributed by atoms with E-state index in [1.165, 1.54) is 18.2 Å². The second kappa shape index (κ2) is 7.73. The number of hydrogen-bond acceptors (Lipinski definition) is 3. The van der Waals surface area contributed by atoms with Crippen molar-refractivity contribution in [3.05, 3.63) is 88.9 Å². The first-order chi connectivity index (χ1) is 12.1. The molecule has 3 aromatic carbocycles. The van der Waals surface area contributed by atoms with Crippen molar-refractivity contribution < 1.29 is 9.90 Å². The largest absolute Gasteiger partial charge is 0.507 e. The highest BCUT2D eigenvalue weighted by Gasteiger charge is 2.12. The molecule has 0 aliphatic rings. The van der Waals surface area contributed by atoms with Crippen LogP contribution in [-0.4, -0.2) is 11.0 Å². The van der Waals surface area contributed by atoms with Gasteiger partial charge in [-0.3, -0.25) is 4.79 Å². The number of para-hydroxylation sites is 1. The van der Waals surface area contributed by atoms with Crippen molar-refractivity contribution in [3.63, 3.8) is 0 Å². The summed E-state index contributed by atoms with van der Waals surface area (Å²) in [5.74, 6) is -0.517. The van der Waals surface area contributed by atoms with E-state index in [9.17, 15) is 9.90 Å². The maximum Gasteiger partial charge on any atom is 0.259 e. The summed E-state index contributed by atoms with van der Waals surface area (Å²) in [4.78, 5) is 12.3. The summed E-state index contributed by atoms with van der Waals surface area (Å²) in [7, 11) is 0. The number of halogens is 1. The molecule has 0 fully saturated rings. The monoisotopic (exact) mass is 352 g/mol. The van der Waals surface area contributed by atoms with Crippen LogP contribution < -0.4 is 10.6 Å². The third kappa shape index (κ3) is 4.52. The Morgan fingerprint density at radius 2 is 1.68 bits per heavy atom. The van der Waals surface area contributed by atoms with Gasteiger partial charge in [-0.1, -0.05) is 41.9 Å². The van der Waals surface area contributed by atoms with Crippen LogP contribution in [-0.2, 0) is 6.54 Å². The minimum absolute atomic E-state index is 0.108. The topological polar surface area (TPSA) is 61.4 Å². The summed E-state index contributed by atoms with van der Waals surface area (Å²) < 4.78 is 0. The van der Waals surface area contributed by atoms with Crippen LogP contribution in [0.4, 0.5) is 11.4 Å². The number of carbonyl (C=O) groups is 1. The molecule has 0 heterocycles. The molecule has 0 saturated heterocycles. The molecule has 3 N–H and O–H groups in total. The molecular formula is C20H17ClN2O2. The van der Waals surface area contributed by atoms with E-state index in [-0.39, 0.29) is 11.3 Å². The minimum Gasteiger partial charge on any atom is -0.507 e. The summed E-state index contributed by atoms with van der Waals surface area (Å²) in [6.45, 7) is 0.635. The fraction of sp³-hybridized carbons (Fsp3) is 0.0500. The zero-order chi connectivity index (χ0) is 17.6. The summed E-state index contributed by atoms with van der Waals surface area (Å²) in [5, 5.41) is 16.3. The third-order valence-corrected chi connectivity index (χ3v) is 3.89. The van der Waals surface area contributed by atoms with Gasteiger partial charge in [-0.15, -0.1) is 0 Å². The molecule has 3 rings (SSSR count). The molecule has 0 aromatic heterocycles. The van der Waals surface area contributed by atoms with Gasteiger partial charge in [0.05, 0.1) is 5.56 Å². The average molecular weight is 353 g/mol. The van der Waals surface area contributed by atoms with Crippen molar-refractivity contribution >= 4 is 28.9 Å². The van der Waals surface area contributed by atoms with Gasteiger partial charge < -0.3 is 15.7 Å². The van der Waals surface area contributed by atoms with E-state index in [0.29, 0.717) is 17.3 Å². The molecule has 1 amide bonds. The molecule has 5 heteroatoms. The number of carbonyl (C=O) groups excluding carboxylic acids is 1. The van der Waals surface area contributed by atoms with E-state index >= 15 is 0 Å². The van der Waals surface area contributed by atoms with E-state index < -0.39 is 5.91 Å². The third-order valence-electron chi connectivity index (χ3n) is 3.66. The summed E-state index contributed by atoms with van der Waals surface area (Å²) in [5.41, 5.74) is 2.84. The number of amides is 1. The van der Waals surface area contributed by atoms with E-state index in [0.717, 1.165) is 11.3 Å². The van der Waals surface area contributed by atoms with Crippen LogP contribution in [0.15, 0.2) is 72.8 Å². The van der Waals surface area contributed by atoms with Crippen LogP contribution >= 0.6 is 11.6 Å². The lowest BCUT2D eigenvalue weighted by molar-refractivity contribution is 0.102. The fourth-order valence-electron chi connectivity index (χ4n) is 2.41. The van der Waals surface area contributed by atoms with Gasteiger partial charge in [0.15, 0.2) is 0 Å². The van der Waals surface area contributed by atoms with E-state index in [2.05, 4.69) is 10.6 Å². The van der Waals surface area contributed by atoms with Gasteiger partial charge in [-0.25, -0.2) is 0 Å². The standard InChI is InChI=1S/C20H17ClN2O2/c21-15-9-10-19(24)18(12-15)20(25)23-17-8-4-5-14(11-17)13-22-16-6-2-1-3-7-16/h1-12,22,24H,13H2,(H,23,25). The molecule has 0 bridgehead atoms. The zero-order valence-corrected chi connectivity index (χ0v) is 14.1. The number of aromatic hydroxyl groups is 1. The van der Waals surface area contributed by atoms with Gasteiger partial charge in [0.1, 0.15) is 5.75 Å². The Labute approximate surface area is 151 Å². The van der Waals surface area contributed by atoms with E-state index in [1.807, 2.05) is 48.5 Å². The molecule has 0 saturated carbocycles. The van der Waals surface area contributed by atoms with Crippen LogP contribution in [0.5, 0.6) is 5.75 Å². The molecule has 0 radical (unpaired) electrons.